The number of rotatable bonds is 8. The number of benzene rings is 1. The molecule has 2 unspecified atom stereocenters. The molecule has 2 heterocycles. The number of carbonyl (C=O) groups is 4. The summed E-state index contributed by atoms with van der Waals surface area (Å²) >= 11 is 1.31. The quantitative estimate of drug-likeness (QED) is 0.366. The summed E-state index contributed by atoms with van der Waals surface area (Å²) in [4.78, 5) is 54.3. The van der Waals surface area contributed by atoms with Gasteiger partial charge in [-0.1, -0.05) is 0 Å². The first-order valence-electron chi connectivity index (χ1n) is 13.3. The fourth-order valence-corrected chi connectivity index (χ4v) is 5.86. The predicted molar refractivity (Wildman–Crippen MR) is 142 cm³/mol. The van der Waals surface area contributed by atoms with Crippen LogP contribution in [0, 0.1) is 23.4 Å². The number of nitrogens with one attached hydrogen (secondary N) is 1. The van der Waals surface area contributed by atoms with Crippen LogP contribution < -0.4 is 5.32 Å². The third-order valence-corrected chi connectivity index (χ3v) is 7.74. The molecule has 1 N–H and O–H groups in total. The number of piperidine rings is 1. The van der Waals surface area contributed by atoms with E-state index in [2.05, 4.69) is 5.32 Å². The molecule has 0 bridgehead atoms. The van der Waals surface area contributed by atoms with Gasteiger partial charge in [-0.15, -0.1) is 11.8 Å². The van der Waals surface area contributed by atoms with Crippen molar-refractivity contribution in [2.45, 2.75) is 70.4 Å². The largest absolute Gasteiger partial charge is 0.466 e. The van der Waals surface area contributed by atoms with E-state index in [9.17, 15) is 32.3 Å². The lowest BCUT2D eigenvalue weighted by molar-refractivity contribution is -0.151. The molecule has 40 heavy (non-hydrogen) atoms. The lowest BCUT2D eigenvalue weighted by atomic mass is 9.97. The van der Waals surface area contributed by atoms with E-state index in [0.29, 0.717) is 50.4 Å². The van der Waals surface area contributed by atoms with Crippen LogP contribution in [0.3, 0.4) is 0 Å². The Hall–Kier alpha value is -2.96. The highest BCUT2D eigenvalue weighted by atomic mass is 32.2. The molecule has 1 aromatic rings. The first-order chi connectivity index (χ1) is 18.8. The van der Waals surface area contributed by atoms with Crippen LogP contribution >= 0.6 is 11.8 Å². The smallest absolute Gasteiger partial charge is 0.407 e. The van der Waals surface area contributed by atoms with Crippen LogP contribution in [0.5, 0.6) is 0 Å². The molecular weight excluding hydrogens is 551 g/mol. The minimum absolute atomic E-state index is 0.222. The Morgan fingerprint density at radius 3 is 2.33 bits per heavy atom. The number of amides is 3. The van der Waals surface area contributed by atoms with Crippen molar-refractivity contribution in [2.24, 2.45) is 5.92 Å². The van der Waals surface area contributed by atoms with E-state index >= 15 is 0 Å². The molecule has 2 aliphatic rings. The number of carbonyl (C=O) groups excluding carboxylic acids is 4. The first-order valence-corrected chi connectivity index (χ1v) is 14.3. The molecule has 9 nitrogen and oxygen atoms in total. The van der Waals surface area contributed by atoms with Gasteiger partial charge in [-0.3, -0.25) is 14.4 Å². The normalized spacial score (nSPS) is 18.8. The second kappa shape index (κ2) is 13.6. The molecule has 2 aliphatic heterocycles. The van der Waals surface area contributed by atoms with Crippen molar-refractivity contribution in [2.75, 3.05) is 32.0 Å². The topological polar surface area (TPSA) is 105 Å². The van der Waals surface area contributed by atoms with Crippen molar-refractivity contribution in [1.82, 2.24) is 15.1 Å². The number of likely N-dealkylation sites (tertiary alicyclic amines) is 1. The van der Waals surface area contributed by atoms with Gasteiger partial charge in [0.15, 0.2) is 17.0 Å². The minimum atomic E-state index is -1.35. The SMILES string of the molecule is CCOC(=O)C1CCN(C(=O)C2SCCN2C(=O)CC(Cc2cc(F)c(F)cc2F)NC(=O)OC(C)(C)C)CC1. The summed E-state index contributed by atoms with van der Waals surface area (Å²) in [7, 11) is 0. The summed E-state index contributed by atoms with van der Waals surface area (Å²) < 4.78 is 52.0. The van der Waals surface area contributed by atoms with Crippen molar-refractivity contribution < 1.29 is 41.8 Å². The van der Waals surface area contributed by atoms with Crippen LogP contribution in [-0.2, 0) is 30.3 Å². The standard InChI is InChI=1S/C27H36F3N3O6S/c1-5-38-25(36)16-6-8-32(9-7-16)23(35)24-33(10-11-40-24)22(34)14-18(31-26(37)39-27(2,3)4)12-17-13-20(29)21(30)15-19(17)28/h13,15-16,18,24H,5-12,14H2,1-4H3,(H,31,37). The van der Waals surface area contributed by atoms with Crippen molar-refractivity contribution in [3.8, 4) is 0 Å². The zero-order chi connectivity index (χ0) is 29.6. The Labute approximate surface area is 236 Å². The second-order valence-corrected chi connectivity index (χ2v) is 12.0. The van der Waals surface area contributed by atoms with E-state index in [1.807, 2.05) is 0 Å². The van der Waals surface area contributed by atoms with Gasteiger partial charge in [0.05, 0.1) is 12.5 Å². The summed E-state index contributed by atoms with van der Waals surface area (Å²) in [5.74, 6) is -4.36. The molecule has 1 aromatic carbocycles. The van der Waals surface area contributed by atoms with Gasteiger partial charge in [0, 0.05) is 43.9 Å². The van der Waals surface area contributed by atoms with Gasteiger partial charge in [-0.2, -0.15) is 0 Å². The summed E-state index contributed by atoms with van der Waals surface area (Å²) in [5.41, 5.74) is -1.07. The van der Waals surface area contributed by atoms with Crippen molar-refractivity contribution >= 4 is 35.6 Å². The molecule has 0 aliphatic carbocycles. The molecule has 2 saturated heterocycles. The van der Waals surface area contributed by atoms with E-state index in [-0.39, 0.29) is 42.7 Å². The number of halogens is 3. The molecule has 0 radical (unpaired) electrons. The Kier molecular flexibility index (Phi) is 10.7. The number of ether oxygens (including phenoxy) is 2. The fraction of sp³-hybridized carbons (Fsp3) is 0.630. The van der Waals surface area contributed by atoms with Crippen LogP contribution in [-0.4, -0.2) is 82.7 Å². The van der Waals surface area contributed by atoms with Crippen molar-refractivity contribution in [3.63, 3.8) is 0 Å². The Morgan fingerprint density at radius 1 is 1.05 bits per heavy atom. The third-order valence-electron chi connectivity index (χ3n) is 6.55. The number of alkyl carbamates (subject to hydrolysis) is 1. The molecule has 0 aromatic heterocycles. The van der Waals surface area contributed by atoms with Gasteiger partial charge in [0.2, 0.25) is 5.91 Å². The average molecular weight is 588 g/mol. The summed E-state index contributed by atoms with van der Waals surface area (Å²) in [6, 6.07) is 0.0774. The number of esters is 1. The maximum absolute atomic E-state index is 14.4. The summed E-state index contributed by atoms with van der Waals surface area (Å²) in [6.07, 6.45) is -0.557. The molecule has 3 amide bonds. The molecule has 0 saturated carbocycles. The van der Waals surface area contributed by atoms with Gasteiger partial charge < -0.3 is 24.6 Å². The zero-order valence-corrected chi connectivity index (χ0v) is 24.0. The molecular formula is C27H36F3N3O6S. The number of hydrogen-bond acceptors (Lipinski definition) is 7. The third kappa shape index (κ3) is 8.52. The van der Waals surface area contributed by atoms with E-state index in [1.54, 1.807) is 32.6 Å². The van der Waals surface area contributed by atoms with Gasteiger partial charge in [-0.25, -0.2) is 18.0 Å². The van der Waals surface area contributed by atoms with E-state index in [0.717, 1.165) is 0 Å². The summed E-state index contributed by atoms with van der Waals surface area (Å²) in [6.45, 7) is 7.98. The molecule has 2 atom stereocenters. The Morgan fingerprint density at radius 2 is 1.70 bits per heavy atom. The Bertz CT molecular complexity index is 1110. The van der Waals surface area contributed by atoms with Crippen LogP contribution in [0.15, 0.2) is 12.1 Å². The zero-order valence-electron chi connectivity index (χ0n) is 23.1. The minimum Gasteiger partial charge on any atom is -0.466 e. The second-order valence-electron chi connectivity index (χ2n) is 10.8. The van der Waals surface area contributed by atoms with Crippen molar-refractivity contribution in [1.29, 1.82) is 0 Å². The molecule has 0 spiro atoms. The maximum Gasteiger partial charge on any atom is 0.407 e. The van der Waals surface area contributed by atoms with Gasteiger partial charge >= 0.3 is 12.1 Å². The summed E-state index contributed by atoms with van der Waals surface area (Å²) in [5, 5.41) is 1.75. The molecule has 3 rings (SSSR count). The highest BCUT2D eigenvalue weighted by Gasteiger charge is 2.40. The maximum atomic E-state index is 14.4. The van der Waals surface area contributed by atoms with Crippen LogP contribution in [0.25, 0.3) is 0 Å². The molecule has 2 fully saturated rings. The average Bonchev–Trinajstić information content (AvgIpc) is 3.36. The highest BCUT2D eigenvalue weighted by Crippen LogP contribution is 2.29. The molecule has 222 valence electrons. The van der Waals surface area contributed by atoms with Crippen LogP contribution in [0.1, 0.15) is 52.5 Å². The van der Waals surface area contributed by atoms with Crippen LogP contribution in [0.4, 0.5) is 18.0 Å². The lowest BCUT2D eigenvalue weighted by Gasteiger charge is -2.34. The lowest BCUT2D eigenvalue weighted by Crippen LogP contribution is -2.51. The van der Waals surface area contributed by atoms with Crippen LogP contribution in [0.2, 0.25) is 0 Å². The van der Waals surface area contributed by atoms with Crippen molar-refractivity contribution in [3.05, 3.63) is 35.1 Å². The number of nitrogens with zero attached hydrogens (tertiary/aromatic N) is 2. The monoisotopic (exact) mass is 587 g/mol. The van der Waals surface area contributed by atoms with Gasteiger partial charge in [0.25, 0.3) is 5.91 Å². The van der Waals surface area contributed by atoms with Gasteiger partial charge in [-0.05, 0) is 58.6 Å². The number of hydrogen-bond donors (Lipinski definition) is 1. The molecule has 13 heteroatoms. The first kappa shape index (κ1) is 31.6. The van der Waals surface area contributed by atoms with E-state index < -0.39 is 46.5 Å². The van der Waals surface area contributed by atoms with E-state index in [4.69, 9.17) is 9.47 Å². The predicted octanol–water partition coefficient (Wildman–Crippen LogP) is 3.63. The fourth-order valence-electron chi connectivity index (χ4n) is 4.64. The number of thioether (sulfide) groups is 1. The van der Waals surface area contributed by atoms with Gasteiger partial charge in [0.1, 0.15) is 11.4 Å². The van der Waals surface area contributed by atoms with E-state index in [1.165, 1.54) is 16.7 Å². The Balaban J connectivity index is 1.70. The highest BCUT2D eigenvalue weighted by molar-refractivity contribution is 8.00.